The summed E-state index contributed by atoms with van der Waals surface area (Å²) in [5, 5.41) is 6.76. The number of benzene rings is 1. The van der Waals surface area contributed by atoms with E-state index in [9.17, 15) is 0 Å². The Balaban J connectivity index is 2.13. The fourth-order valence-electron chi connectivity index (χ4n) is 3.24. The van der Waals surface area contributed by atoms with E-state index in [1.165, 1.54) is 5.22 Å². The van der Waals surface area contributed by atoms with Crippen LogP contribution in [0.25, 0.3) is 17.0 Å². The third-order valence-corrected chi connectivity index (χ3v) is 4.69. The molecular weight excluding hydrogens is 296 g/mol. The first-order chi connectivity index (χ1) is 11.7. The van der Waals surface area contributed by atoms with E-state index in [1.54, 1.807) is 0 Å². The second-order valence-corrected chi connectivity index (χ2v) is 6.75. The molecule has 0 saturated carbocycles. The van der Waals surface area contributed by atoms with E-state index < -0.39 is 5.66 Å². The molecule has 0 aliphatic carbocycles. The fourth-order valence-corrected chi connectivity index (χ4v) is 3.24. The third kappa shape index (κ3) is 3.44. The second-order valence-electron chi connectivity index (χ2n) is 6.75. The maximum Gasteiger partial charge on any atom is 0.152 e. The van der Waals surface area contributed by atoms with Crippen LogP contribution in [0.2, 0.25) is 0 Å². The summed E-state index contributed by atoms with van der Waals surface area (Å²) in [6.07, 6.45) is 8.48. The van der Waals surface area contributed by atoms with Crippen molar-refractivity contribution in [2.75, 3.05) is 11.9 Å². The highest BCUT2D eigenvalue weighted by molar-refractivity contribution is 5.81. The molecule has 1 unspecified atom stereocenters. The van der Waals surface area contributed by atoms with Gasteiger partial charge in [-0.2, -0.15) is 0 Å². The van der Waals surface area contributed by atoms with Gasteiger partial charge >= 0.3 is 0 Å². The zero-order valence-electron chi connectivity index (χ0n) is 14.8. The highest BCUT2D eigenvalue weighted by Crippen LogP contribution is 2.20. The summed E-state index contributed by atoms with van der Waals surface area (Å²) >= 11 is 0. The van der Waals surface area contributed by atoms with Crippen LogP contribution < -0.4 is 21.6 Å². The molecule has 1 aromatic carbocycles. The monoisotopic (exact) mass is 324 g/mol. The molecule has 4 heteroatoms. The van der Waals surface area contributed by atoms with Crippen LogP contribution in [-0.2, 0) is 0 Å². The lowest BCUT2D eigenvalue weighted by Gasteiger charge is -2.26. The number of hydrogen-bond acceptors (Lipinski definition) is 4. The number of aromatic nitrogens is 1. The summed E-state index contributed by atoms with van der Waals surface area (Å²) in [6, 6.07) is 8.28. The summed E-state index contributed by atoms with van der Waals surface area (Å²) < 4.78 is 0. The molecule has 0 spiro atoms. The van der Waals surface area contributed by atoms with Gasteiger partial charge in [-0.15, -0.1) is 0 Å². The van der Waals surface area contributed by atoms with Crippen molar-refractivity contribution in [3.63, 3.8) is 0 Å². The molecule has 1 atom stereocenters. The second kappa shape index (κ2) is 7.31. The first-order valence-electron chi connectivity index (χ1n) is 9.18. The van der Waals surface area contributed by atoms with Gasteiger partial charge in [0.25, 0.3) is 0 Å². The SMILES string of the molecule is CCCCNc1nc2ccccc2c2c1=NC(N)(CCCC)CC=2. The average molecular weight is 324 g/mol. The van der Waals surface area contributed by atoms with Crippen LogP contribution in [0.5, 0.6) is 0 Å². The molecule has 0 saturated heterocycles. The zero-order chi connectivity index (χ0) is 17.0. The van der Waals surface area contributed by atoms with Gasteiger partial charge in [0.05, 0.1) is 5.52 Å². The molecule has 1 aliphatic heterocycles. The molecule has 128 valence electrons. The molecule has 1 aromatic heterocycles. The Hall–Kier alpha value is -1.94. The van der Waals surface area contributed by atoms with Crippen molar-refractivity contribution in [2.45, 2.75) is 58.0 Å². The molecule has 0 fully saturated rings. The van der Waals surface area contributed by atoms with E-state index in [0.29, 0.717) is 0 Å². The number of pyridine rings is 1. The van der Waals surface area contributed by atoms with Crippen molar-refractivity contribution in [1.82, 2.24) is 4.98 Å². The van der Waals surface area contributed by atoms with E-state index in [0.717, 1.165) is 67.1 Å². The molecule has 3 N–H and O–H groups in total. The van der Waals surface area contributed by atoms with Gasteiger partial charge in [0.2, 0.25) is 0 Å². The first-order valence-corrected chi connectivity index (χ1v) is 9.18. The Bertz CT molecular complexity index is 827. The van der Waals surface area contributed by atoms with Gasteiger partial charge < -0.3 is 11.1 Å². The third-order valence-electron chi connectivity index (χ3n) is 4.69. The quantitative estimate of drug-likeness (QED) is 0.769. The van der Waals surface area contributed by atoms with E-state index >= 15 is 0 Å². The maximum atomic E-state index is 6.57. The van der Waals surface area contributed by atoms with Crippen LogP contribution in [0, 0.1) is 0 Å². The number of nitrogens with zero attached hydrogens (tertiary/aromatic N) is 2. The molecule has 2 aromatic rings. The smallest absolute Gasteiger partial charge is 0.152 e. The molecule has 3 rings (SSSR count). The zero-order valence-corrected chi connectivity index (χ0v) is 14.8. The van der Waals surface area contributed by atoms with Gasteiger partial charge in [-0.05, 0) is 25.3 Å². The van der Waals surface area contributed by atoms with Crippen molar-refractivity contribution in [2.24, 2.45) is 10.7 Å². The molecule has 0 bridgehead atoms. The number of nitrogens with two attached hydrogens (primary N) is 1. The summed E-state index contributed by atoms with van der Waals surface area (Å²) in [4.78, 5) is 9.79. The Morgan fingerprint density at radius 1 is 1.17 bits per heavy atom. The Morgan fingerprint density at radius 2 is 1.96 bits per heavy atom. The Labute approximate surface area is 143 Å². The Morgan fingerprint density at radius 3 is 2.75 bits per heavy atom. The van der Waals surface area contributed by atoms with Crippen molar-refractivity contribution in [1.29, 1.82) is 0 Å². The first kappa shape index (κ1) is 16.9. The fraction of sp³-hybridized carbons (Fsp3) is 0.500. The summed E-state index contributed by atoms with van der Waals surface area (Å²) in [7, 11) is 0. The number of fused-ring (bicyclic) bond motifs is 3. The van der Waals surface area contributed by atoms with Crippen molar-refractivity contribution in [3.8, 4) is 0 Å². The van der Waals surface area contributed by atoms with Crippen molar-refractivity contribution in [3.05, 3.63) is 34.8 Å². The van der Waals surface area contributed by atoms with Crippen LogP contribution in [0.3, 0.4) is 0 Å². The predicted molar refractivity (Wildman–Crippen MR) is 101 cm³/mol. The minimum atomic E-state index is -0.492. The number of hydrogen-bond donors (Lipinski definition) is 2. The van der Waals surface area contributed by atoms with Crippen molar-refractivity contribution < 1.29 is 0 Å². The number of unbranched alkanes of at least 4 members (excludes halogenated alkanes) is 2. The molecular formula is C20H28N4. The van der Waals surface area contributed by atoms with E-state index in [-0.39, 0.29) is 0 Å². The molecule has 0 amide bonds. The number of para-hydroxylation sites is 1. The molecule has 24 heavy (non-hydrogen) atoms. The lowest BCUT2D eigenvalue weighted by molar-refractivity contribution is 0.395. The largest absolute Gasteiger partial charge is 0.368 e. The van der Waals surface area contributed by atoms with Crippen LogP contribution in [0.15, 0.2) is 29.3 Å². The van der Waals surface area contributed by atoms with Crippen LogP contribution in [-0.4, -0.2) is 17.2 Å². The lowest BCUT2D eigenvalue weighted by Crippen LogP contribution is -2.46. The molecule has 4 nitrogen and oxygen atoms in total. The van der Waals surface area contributed by atoms with Gasteiger partial charge in [-0.25, -0.2) is 4.98 Å². The van der Waals surface area contributed by atoms with Crippen LogP contribution in [0.1, 0.15) is 52.4 Å². The number of anilines is 1. The van der Waals surface area contributed by atoms with Gasteiger partial charge in [-0.1, -0.05) is 51.0 Å². The minimum absolute atomic E-state index is 0.492. The maximum absolute atomic E-state index is 6.57. The van der Waals surface area contributed by atoms with Gasteiger partial charge in [0.1, 0.15) is 11.0 Å². The highest BCUT2D eigenvalue weighted by atomic mass is 15.1. The van der Waals surface area contributed by atoms with E-state index in [2.05, 4.69) is 43.4 Å². The van der Waals surface area contributed by atoms with Gasteiger partial charge in [0.15, 0.2) is 5.82 Å². The number of rotatable bonds is 7. The van der Waals surface area contributed by atoms with Gasteiger partial charge in [0, 0.05) is 23.6 Å². The van der Waals surface area contributed by atoms with E-state index in [4.69, 9.17) is 15.7 Å². The standard InChI is InChI=1S/C20H28N4/c1-3-5-12-20(21)13-11-16-15-9-7-8-10-17(15)23-19(18(16)24-20)22-14-6-4-2/h7-11H,3-6,12-14,21H2,1-2H3,(H,22,23). The summed E-state index contributed by atoms with van der Waals surface area (Å²) in [6.45, 7) is 5.30. The lowest BCUT2D eigenvalue weighted by atomic mass is 9.96. The van der Waals surface area contributed by atoms with Crippen LogP contribution in [0.4, 0.5) is 5.82 Å². The topological polar surface area (TPSA) is 63.3 Å². The summed E-state index contributed by atoms with van der Waals surface area (Å²) in [5.41, 5.74) is 7.10. The normalized spacial score (nSPS) is 19.5. The summed E-state index contributed by atoms with van der Waals surface area (Å²) in [5.74, 6) is 0.874. The van der Waals surface area contributed by atoms with E-state index in [1.807, 2.05) is 6.07 Å². The molecule has 2 heterocycles. The average Bonchev–Trinajstić information content (AvgIpc) is 2.60. The molecule has 1 aliphatic rings. The Kier molecular flexibility index (Phi) is 5.14. The van der Waals surface area contributed by atoms with Crippen molar-refractivity contribution >= 4 is 22.8 Å². The predicted octanol–water partition coefficient (Wildman–Crippen LogP) is 3.10. The molecule has 0 radical (unpaired) electrons. The van der Waals surface area contributed by atoms with Gasteiger partial charge in [-0.3, -0.25) is 4.99 Å². The highest BCUT2D eigenvalue weighted by Gasteiger charge is 2.25. The minimum Gasteiger partial charge on any atom is -0.368 e. The van der Waals surface area contributed by atoms with Crippen LogP contribution >= 0.6 is 0 Å². The number of nitrogens with one attached hydrogen (secondary N) is 1.